The van der Waals surface area contributed by atoms with E-state index in [1.165, 1.54) is 24.7 Å². The van der Waals surface area contributed by atoms with Gasteiger partial charge in [-0.1, -0.05) is 11.6 Å². The Hall–Kier alpha value is -3.37. The quantitative estimate of drug-likeness (QED) is 0.442. The van der Waals surface area contributed by atoms with Crippen molar-refractivity contribution in [2.75, 3.05) is 36.4 Å². The summed E-state index contributed by atoms with van der Waals surface area (Å²) in [6, 6.07) is 6.82. The highest BCUT2D eigenvalue weighted by atomic mass is 35.5. The monoisotopic (exact) mass is 465 g/mol. The molecule has 1 fully saturated rings. The zero-order chi connectivity index (χ0) is 23.4. The highest BCUT2D eigenvalue weighted by Gasteiger charge is 2.19. The molecule has 8 nitrogen and oxygen atoms in total. The van der Waals surface area contributed by atoms with E-state index in [9.17, 15) is 14.0 Å². The number of rotatable bonds is 6. The van der Waals surface area contributed by atoms with Crippen molar-refractivity contribution in [3.63, 3.8) is 0 Å². The number of anilines is 2. The Morgan fingerprint density at radius 1 is 1.06 bits per heavy atom. The van der Waals surface area contributed by atoms with E-state index < -0.39 is 11.7 Å². The van der Waals surface area contributed by atoms with Crippen molar-refractivity contribution in [2.45, 2.75) is 6.92 Å². The number of hydrogen-bond donors (Lipinski definition) is 1. The fraction of sp³-hybridized carbons (Fsp3) is 0.227. The number of pyridine rings is 1. The first-order chi connectivity index (χ1) is 15.9. The first kappa shape index (κ1) is 22.8. The number of nitrogens with zero attached hydrogens (tertiary/aromatic N) is 5. The smallest absolute Gasteiger partial charge is 0.293 e. The van der Waals surface area contributed by atoms with Crippen molar-refractivity contribution in [1.29, 1.82) is 0 Å². The largest absolute Gasteiger partial charge is 0.369 e. The van der Waals surface area contributed by atoms with Crippen molar-refractivity contribution in [2.24, 2.45) is 0 Å². The molecule has 1 radical (unpaired) electrons. The summed E-state index contributed by atoms with van der Waals surface area (Å²) in [5, 5.41) is 2.96. The van der Waals surface area contributed by atoms with Crippen LogP contribution in [-0.2, 0) is 4.79 Å². The second kappa shape index (κ2) is 10.1. The number of nitrogens with one attached hydrogen (secondary N) is 1. The van der Waals surface area contributed by atoms with Crippen LogP contribution in [0.25, 0.3) is 11.1 Å². The molecule has 1 aliphatic rings. The Morgan fingerprint density at radius 2 is 1.79 bits per heavy atom. The molecule has 2 aromatic heterocycles. The second-order valence-electron chi connectivity index (χ2n) is 7.53. The molecule has 0 aliphatic carbocycles. The minimum absolute atomic E-state index is 0.186. The van der Waals surface area contributed by atoms with E-state index in [4.69, 9.17) is 11.6 Å². The molecule has 0 bridgehead atoms. The molecule has 1 aliphatic heterocycles. The van der Waals surface area contributed by atoms with Gasteiger partial charge in [0.15, 0.2) is 11.6 Å². The van der Waals surface area contributed by atoms with E-state index in [1.54, 1.807) is 20.4 Å². The van der Waals surface area contributed by atoms with Gasteiger partial charge in [-0.25, -0.2) is 19.3 Å². The molecule has 1 aromatic carbocycles. The SMILES string of the molecule is Cc1ncc(C(=O)Nc2ncc(-c3cc(Cl)cc(N4CCN([B]C=O)CC4)c3)cc2F)cn1. The van der Waals surface area contributed by atoms with Gasteiger partial charge in [0.25, 0.3) is 13.3 Å². The second-order valence-corrected chi connectivity index (χ2v) is 7.97. The van der Waals surface area contributed by atoms with Crippen molar-refractivity contribution in [3.8, 4) is 11.1 Å². The van der Waals surface area contributed by atoms with Crippen molar-refractivity contribution in [1.82, 2.24) is 19.8 Å². The van der Waals surface area contributed by atoms with Gasteiger partial charge in [0.2, 0.25) is 0 Å². The van der Waals surface area contributed by atoms with E-state index >= 15 is 0 Å². The van der Waals surface area contributed by atoms with Crippen molar-refractivity contribution < 1.29 is 14.0 Å². The van der Waals surface area contributed by atoms with Crippen molar-refractivity contribution >= 4 is 42.6 Å². The zero-order valence-electron chi connectivity index (χ0n) is 17.8. The van der Waals surface area contributed by atoms with Crippen LogP contribution in [-0.4, -0.2) is 65.4 Å². The van der Waals surface area contributed by atoms with E-state index in [2.05, 4.69) is 25.2 Å². The van der Waals surface area contributed by atoms with Gasteiger partial charge in [-0.3, -0.25) is 4.79 Å². The summed E-state index contributed by atoms with van der Waals surface area (Å²) < 4.78 is 14.8. The van der Waals surface area contributed by atoms with Crippen LogP contribution in [0, 0.1) is 12.7 Å². The van der Waals surface area contributed by atoms with E-state index in [1.807, 2.05) is 16.9 Å². The number of halogens is 2. The van der Waals surface area contributed by atoms with Crippen LogP contribution in [0.5, 0.6) is 0 Å². The first-order valence-corrected chi connectivity index (χ1v) is 10.6. The maximum atomic E-state index is 14.8. The van der Waals surface area contributed by atoms with Gasteiger partial charge >= 0.3 is 0 Å². The number of benzene rings is 1. The number of carbonyl (C=O) groups excluding carboxylic acids is 2. The highest BCUT2D eigenvalue weighted by Crippen LogP contribution is 2.30. The van der Waals surface area contributed by atoms with Gasteiger partial charge in [0, 0.05) is 61.0 Å². The van der Waals surface area contributed by atoms with Crippen LogP contribution in [0.1, 0.15) is 16.2 Å². The predicted octanol–water partition coefficient (Wildman–Crippen LogP) is 2.82. The Bertz CT molecular complexity index is 1170. The Balaban J connectivity index is 1.51. The molecule has 0 unspecified atom stereocenters. The van der Waals surface area contributed by atoms with Gasteiger partial charge in [0.1, 0.15) is 5.82 Å². The maximum absolute atomic E-state index is 14.8. The molecule has 167 valence electrons. The average molecular weight is 466 g/mol. The normalized spacial score (nSPS) is 14.1. The van der Waals surface area contributed by atoms with E-state index in [-0.39, 0.29) is 11.4 Å². The fourth-order valence-electron chi connectivity index (χ4n) is 3.52. The highest BCUT2D eigenvalue weighted by molar-refractivity contribution is 6.64. The molecule has 1 saturated heterocycles. The molecule has 11 heteroatoms. The number of aromatic nitrogens is 3. The average Bonchev–Trinajstić information content (AvgIpc) is 2.81. The number of amides is 1. The lowest BCUT2D eigenvalue weighted by molar-refractivity contribution is 0.102. The number of carbonyl (C=O) groups is 2. The molecule has 1 amide bonds. The summed E-state index contributed by atoms with van der Waals surface area (Å²) in [6.07, 6.45) is 5.01. The third-order valence-electron chi connectivity index (χ3n) is 5.28. The molecule has 0 spiro atoms. The van der Waals surface area contributed by atoms with E-state index in [0.717, 1.165) is 38.1 Å². The molecule has 33 heavy (non-hydrogen) atoms. The van der Waals surface area contributed by atoms with Crippen molar-refractivity contribution in [3.05, 3.63) is 65.1 Å². The molecular formula is C22H20BClFN6O2. The summed E-state index contributed by atoms with van der Waals surface area (Å²) in [4.78, 5) is 39.1. The summed E-state index contributed by atoms with van der Waals surface area (Å²) in [6.45, 7) is 4.60. The molecular weight excluding hydrogens is 446 g/mol. The summed E-state index contributed by atoms with van der Waals surface area (Å²) in [5.41, 5.74) is 2.34. The molecule has 3 aromatic rings. The van der Waals surface area contributed by atoms with E-state index in [0.29, 0.717) is 22.0 Å². The third-order valence-corrected chi connectivity index (χ3v) is 5.50. The maximum Gasteiger partial charge on any atom is 0.293 e. The lowest BCUT2D eigenvalue weighted by Crippen LogP contribution is -2.48. The number of piperazine rings is 1. The minimum Gasteiger partial charge on any atom is -0.369 e. The lowest BCUT2D eigenvalue weighted by Gasteiger charge is -2.35. The molecule has 0 saturated carbocycles. The molecule has 3 heterocycles. The van der Waals surface area contributed by atoms with Crippen LogP contribution < -0.4 is 10.2 Å². The van der Waals surface area contributed by atoms with Crippen LogP contribution in [0.15, 0.2) is 42.9 Å². The fourth-order valence-corrected chi connectivity index (χ4v) is 3.75. The summed E-state index contributed by atoms with van der Waals surface area (Å²) >= 11 is 6.34. The van der Waals surface area contributed by atoms with Gasteiger partial charge in [-0.05, 0) is 36.8 Å². The Kier molecular flexibility index (Phi) is 6.95. The van der Waals surface area contributed by atoms with Crippen LogP contribution in [0.2, 0.25) is 5.02 Å². The topological polar surface area (TPSA) is 91.3 Å². The van der Waals surface area contributed by atoms with Crippen LogP contribution >= 0.6 is 11.6 Å². The predicted molar refractivity (Wildman–Crippen MR) is 126 cm³/mol. The molecule has 1 N–H and O–H groups in total. The number of aryl methyl sites for hydroxylation is 1. The minimum atomic E-state index is -0.673. The third kappa shape index (κ3) is 5.53. The summed E-state index contributed by atoms with van der Waals surface area (Å²) in [7, 11) is 1.54. The Labute approximate surface area is 196 Å². The Morgan fingerprint density at radius 3 is 2.45 bits per heavy atom. The lowest BCUT2D eigenvalue weighted by atomic mass is 9.93. The van der Waals surface area contributed by atoms with Gasteiger partial charge in [-0.15, -0.1) is 0 Å². The summed E-state index contributed by atoms with van der Waals surface area (Å²) in [5.74, 6) is -0.880. The zero-order valence-corrected chi connectivity index (χ0v) is 18.6. The number of hydrogen-bond acceptors (Lipinski definition) is 7. The van der Waals surface area contributed by atoms with Gasteiger partial charge in [-0.2, -0.15) is 0 Å². The van der Waals surface area contributed by atoms with Crippen LogP contribution in [0.3, 0.4) is 0 Å². The standard InChI is InChI=1S/C22H20BClFN6O2/c1-14-26-11-17(12-27-14)22(33)29-21-20(25)8-16(10-28-21)15-6-18(24)9-19(7-15)30-2-4-31(5-3-30)23-13-32/h6-13H,2-5H2,1H3,(H,28,29,33). The van der Waals surface area contributed by atoms with Gasteiger partial charge in [0.05, 0.1) is 11.7 Å². The first-order valence-electron chi connectivity index (χ1n) is 10.3. The van der Waals surface area contributed by atoms with Crippen LogP contribution in [0.4, 0.5) is 15.9 Å². The van der Waals surface area contributed by atoms with Gasteiger partial charge < -0.3 is 19.8 Å². The molecule has 4 rings (SSSR count). The molecule has 0 atom stereocenters.